The van der Waals surface area contributed by atoms with Crippen molar-refractivity contribution in [2.45, 2.75) is 19.5 Å². The summed E-state index contributed by atoms with van der Waals surface area (Å²) in [5.74, 6) is -0.246. The highest BCUT2D eigenvalue weighted by atomic mass is 79.9. The molecule has 0 saturated heterocycles. The van der Waals surface area contributed by atoms with E-state index in [-0.39, 0.29) is 11.9 Å². The van der Waals surface area contributed by atoms with E-state index >= 15 is 0 Å². The van der Waals surface area contributed by atoms with Gasteiger partial charge in [-0.05, 0) is 52.2 Å². The molecule has 0 aliphatic heterocycles. The van der Waals surface area contributed by atoms with Gasteiger partial charge in [0.05, 0.1) is 4.47 Å². The van der Waals surface area contributed by atoms with Crippen molar-refractivity contribution in [3.05, 3.63) is 68.9 Å². The average molecular weight is 343 g/mol. The maximum absolute atomic E-state index is 13.4. The van der Waals surface area contributed by atoms with E-state index in [9.17, 15) is 4.39 Å². The lowest BCUT2D eigenvalue weighted by molar-refractivity contribution is 0.568. The van der Waals surface area contributed by atoms with Crippen LogP contribution in [0.1, 0.15) is 24.1 Å². The molecular formula is C15H14BrClFN. The topological polar surface area (TPSA) is 12.0 Å². The molecule has 0 aliphatic rings. The third-order valence-corrected chi connectivity index (χ3v) is 3.96. The van der Waals surface area contributed by atoms with Gasteiger partial charge in [-0.1, -0.05) is 35.9 Å². The first-order chi connectivity index (χ1) is 9.08. The molecule has 2 aromatic carbocycles. The summed E-state index contributed by atoms with van der Waals surface area (Å²) in [5.41, 5.74) is 1.95. The summed E-state index contributed by atoms with van der Waals surface area (Å²) >= 11 is 9.28. The molecule has 0 spiro atoms. The van der Waals surface area contributed by atoms with E-state index in [2.05, 4.69) is 21.2 Å². The molecule has 2 rings (SSSR count). The fourth-order valence-corrected chi connectivity index (χ4v) is 2.40. The second-order valence-corrected chi connectivity index (χ2v) is 5.63. The standard InChI is InChI=1S/C15H14BrClFN/c1-10(12-4-2-3-5-14(12)17)19-9-11-6-7-13(16)15(18)8-11/h2-8,10,19H,9H2,1H3/t10-/m0/s1. The Morgan fingerprint density at radius 3 is 2.68 bits per heavy atom. The minimum Gasteiger partial charge on any atom is -0.306 e. The largest absolute Gasteiger partial charge is 0.306 e. The van der Waals surface area contributed by atoms with E-state index in [1.54, 1.807) is 6.07 Å². The number of nitrogens with one attached hydrogen (secondary N) is 1. The zero-order valence-electron chi connectivity index (χ0n) is 10.5. The van der Waals surface area contributed by atoms with E-state index in [0.717, 1.165) is 16.1 Å². The first kappa shape index (κ1) is 14.5. The predicted molar refractivity (Wildman–Crippen MR) is 80.8 cm³/mol. The van der Waals surface area contributed by atoms with Crippen LogP contribution in [0.5, 0.6) is 0 Å². The molecule has 0 fully saturated rings. The molecule has 0 bridgehead atoms. The Hall–Kier alpha value is -0.900. The van der Waals surface area contributed by atoms with Crippen molar-refractivity contribution in [2.75, 3.05) is 0 Å². The lowest BCUT2D eigenvalue weighted by atomic mass is 10.1. The van der Waals surface area contributed by atoms with E-state index < -0.39 is 0 Å². The summed E-state index contributed by atoms with van der Waals surface area (Å²) < 4.78 is 13.9. The molecule has 0 heterocycles. The van der Waals surface area contributed by atoms with Crippen LogP contribution in [0.2, 0.25) is 5.02 Å². The van der Waals surface area contributed by atoms with Crippen LogP contribution in [0.25, 0.3) is 0 Å². The van der Waals surface area contributed by atoms with Crippen molar-refractivity contribution in [3.8, 4) is 0 Å². The number of rotatable bonds is 4. The van der Waals surface area contributed by atoms with Gasteiger partial charge < -0.3 is 5.32 Å². The quantitative estimate of drug-likeness (QED) is 0.816. The second kappa shape index (κ2) is 6.51. The molecular weight excluding hydrogens is 329 g/mol. The molecule has 1 nitrogen and oxygen atoms in total. The molecule has 19 heavy (non-hydrogen) atoms. The molecule has 1 atom stereocenters. The van der Waals surface area contributed by atoms with Gasteiger partial charge in [-0.3, -0.25) is 0 Å². The number of benzene rings is 2. The predicted octanol–water partition coefficient (Wildman–Crippen LogP) is 5.09. The van der Waals surface area contributed by atoms with Crippen molar-refractivity contribution in [2.24, 2.45) is 0 Å². The fourth-order valence-electron chi connectivity index (χ4n) is 1.86. The molecule has 0 radical (unpaired) electrons. The van der Waals surface area contributed by atoms with Gasteiger partial charge in [0.1, 0.15) is 5.82 Å². The Bertz CT molecular complexity index is 574. The summed E-state index contributed by atoms with van der Waals surface area (Å²) in [7, 11) is 0. The van der Waals surface area contributed by atoms with Gasteiger partial charge in [-0.2, -0.15) is 0 Å². The molecule has 2 aromatic rings. The fraction of sp³-hybridized carbons (Fsp3) is 0.200. The molecule has 0 aromatic heterocycles. The van der Waals surface area contributed by atoms with Crippen LogP contribution in [-0.2, 0) is 6.54 Å². The average Bonchev–Trinajstić information content (AvgIpc) is 2.40. The lowest BCUT2D eigenvalue weighted by Crippen LogP contribution is -2.18. The molecule has 0 saturated carbocycles. The third kappa shape index (κ3) is 3.78. The van der Waals surface area contributed by atoms with Crippen molar-refractivity contribution >= 4 is 27.5 Å². The minimum absolute atomic E-state index is 0.111. The number of halogens is 3. The number of hydrogen-bond acceptors (Lipinski definition) is 1. The molecule has 100 valence electrons. The van der Waals surface area contributed by atoms with Crippen LogP contribution < -0.4 is 5.32 Å². The van der Waals surface area contributed by atoms with E-state index in [4.69, 9.17) is 11.6 Å². The Kier molecular flexibility index (Phi) is 4.97. The molecule has 0 amide bonds. The Morgan fingerprint density at radius 1 is 1.26 bits per heavy atom. The molecule has 1 N–H and O–H groups in total. The van der Waals surface area contributed by atoms with Crippen molar-refractivity contribution < 1.29 is 4.39 Å². The lowest BCUT2D eigenvalue weighted by Gasteiger charge is -2.15. The van der Waals surface area contributed by atoms with Gasteiger partial charge in [-0.25, -0.2) is 4.39 Å². The van der Waals surface area contributed by atoms with Crippen molar-refractivity contribution in [1.29, 1.82) is 0 Å². The monoisotopic (exact) mass is 341 g/mol. The highest BCUT2D eigenvalue weighted by molar-refractivity contribution is 9.10. The maximum Gasteiger partial charge on any atom is 0.137 e. The van der Waals surface area contributed by atoms with E-state index in [1.807, 2.05) is 37.3 Å². The molecule has 0 unspecified atom stereocenters. The van der Waals surface area contributed by atoms with Gasteiger partial charge >= 0.3 is 0 Å². The first-order valence-corrected chi connectivity index (χ1v) is 7.17. The second-order valence-electron chi connectivity index (χ2n) is 4.37. The summed E-state index contributed by atoms with van der Waals surface area (Å²) in [4.78, 5) is 0. The van der Waals surface area contributed by atoms with E-state index in [1.165, 1.54) is 6.07 Å². The van der Waals surface area contributed by atoms with Gasteiger partial charge in [0.25, 0.3) is 0 Å². The van der Waals surface area contributed by atoms with E-state index in [0.29, 0.717) is 11.0 Å². The van der Waals surface area contributed by atoms with Gasteiger partial charge in [0.15, 0.2) is 0 Å². The summed E-state index contributed by atoms with van der Waals surface area (Å²) in [6.45, 7) is 2.63. The SMILES string of the molecule is C[C@H](NCc1ccc(Br)c(F)c1)c1ccccc1Cl. The number of hydrogen-bond donors (Lipinski definition) is 1. The van der Waals surface area contributed by atoms with Gasteiger partial charge in [-0.15, -0.1) is 0 Å². The zero-order chi connectivity index (χ0) is 13.8. The Labute approximate surface area is 125 Å². The molecule has 0 aliphatic carbocycles. The smallest absolute Gasteiger partial charge is 0.137 e. The maximum atomic E-state index is 13.4. The van der Waals surface area contributed by atoms with Crippen LogP contribution in [0, 0.1) is 5.82 Å². The minimum atomic E-state index is -0.246. The van der Waals surface area contributed by atoms with Crippen LogP contribution in [-0.4, -0.2) is 0 Å². The van der Waals surface area contributed by atoms with Crippen LogP contribution in [0.3, 0.4) is 0 Å². The first-order valence-electron chi connectivity index (χ1n) is 5.99. The van der Waals surface area contributed by atoms with Crippen LogP contribution in [0.15, 0.2) is 46.9 Å². The van der Waals surface area contributed by atoms with Crippen molar-refractivity contribution in [3.63, 3.8) is 0 Å². The normalized spacial score (nSPS) is 12.4. The highest BCUT2D eigenvalue weighted by Gasteiger charge is 2.08. The van der Waals surface area contributed by atoms with Crippen LogP contribution in [0.4, 0.5) is 4.39 Å². The zero-order valence-corrected chi connectivity index (χ0v) is 12.8. The molecule has 4 heteroatoms. The summed E-state index contributed by atoms with van der Waals surface area (Å²) in [6.07, 6.45) is 0. The third-order valence-electron chi connectivity index (χ3n) is 2.97. The van der Waals surface area contributed by atoms with Gasteiger partial charge in [0.2, 0.25) is 0 Å². The Morgan fingerprint density at radius 2 is 2.00 bits per heavy atom. The summed E-state index contributed by atoms with van der Waals surface area (Å²) in [6, 6.07) is 13.0. The summed E-state index contributed by atoms with van der Waals surface area (Å²) in [5, 5.41) is 4.08. The highest BCUT2D eigenvalue weighted by Crippen LogP contribution is 2.23. The van der Waals surface area contributed by atoms with Gasteiger partial charge in [0, 0.05) is 17.6 Å². The van der Waals surface area contributed by atoms with Crippen molar-refractivity contribution in [1.82, 2.24) is 5.32 Å². The van der Waals surface area contributed by atoms with Crippen LogP contribution >= 0.6 is 27.5 Å². The Balaban J connectivity index is 2.02.